The van der Waals surface area contributed by atoms with Crippen molar-refractivity contribution in [1.29, 1.82) is 0 Å². The fourth-order valence-electron chi connectivity index (χ4n) is 3.63. The minimum atomic E-state index is 0.0302. The summed E-state index contributed by atoms with van der Waals surface area (Å²) in [6, 6.07) is 10.1. The number of aryl methyl sites for hydroxylation is 2. The van der Waals surface area contributed by atoms with Crippen LogP contribution < -0.4 is 15.4 Å². The summed E-state index contributed by atoms with van der Waals surface area (Å²) in [7, 11) is 0. The van der Waals surface area contributed by atoms with Gasteiger partial charge in [-0.15, -0.1) is 0 Å². The molecule has 3 rings (SSSR count). The Morgan fingerprint density at radius 3 is 2.78 bits per heavy atom. The number of aliphatic imine (C=N–C) groups is 1. The summed E-state index contributed by atoms with van der Waals surface area (Å²) in [6.07, 6.45) is 2.67. The van der Waals surface area contributed by atoms with E-state index in [-0.39, 0.29) is 17.9 Å². The van der Waals surface area contributed by atoms with Gasteiger partial charge >= 0.3 is 0 Å². The Balaban J connectivity index is 1.62. The second kappa shape index (κ2) is 11.0. The van der Waals surface area contributed by atoms with Gasteiger partial charge in [-0.1, -0.05) is 19.9 Å². The topological polar surface area (TPSA) is 78.9 Å². The van der Waals surface area contributed by atoms with Crippen LogP contribution in [0.3, 0.4) is 0 Å². The van der Waals surface area contributed by atoms with Gasteiger partial charge in [0.05, 0.1) is 6.54 Å². The summed E-state index contributed by atoms with van der Waals surface area (Å²) in [5, 5.41) is 6.78. The van der Waals surface area contributed by atoms with E-state index in [2.05, 4.69) is 29.5 Å². The fraction of sp³-hybridized carbons (Fsp3) is 0.480. The third-order valence-corrected chi connectivity index (χ3v) is 5.60. The Kier molecular flexibility index (Phi) is 8.09. The number of hydrogen-bond donors (Lipinski definition) is 2. The highest BCUT2D eigenvalue weighted by Gasteiger charge is 2.27. The van der Waals surface area contributed by atoms with Crippen molar-refractivity contribution in [3.8, 4) is 11.6 Å². The van der Waals surface area contributed by atoms with E-state index in [0.29, 0.717) is 19.0 Å². The number of benzene rings is 1. The second-order valence-corrected chi connectivity index (χ2v) is 8.61. The van der Waals surface area contributed by atoms with E-state index >= 15 is 0 Å². The Labute approximate surface area is 191 Å². The van der Waals surface area contributed by atoms with Crippen molar-refractivity contribution in [2.45, 2.75) is 53.6 Å². The maximum Gasteiger partial charge on any atom is 0.225 e. The normalized spacial score (nSPS) is 16.4. The SMILES string of the molecule is CCNC(=NCc1ccnc(Oc2ccc(C)c(C)c2)c1)NC1CCN(C(=O)C(C)C)C1. The van der Waals surface area contributed by atoms with Crippen molar-refractivity contribution < 1.29 is 9.53 Å². The molecular formula is C25H35N5O2. The number of likely N-dealkylation sites (tertiary alicyclic amines) is 1. The molecule has 7 heteroatoms. The molecule has 172 valence electrons. The quantitative estimate of drug-likeness (QED) is 0.509. The van der Waals surface area contributed by atoms with Gasteiger partial charge in [0.25, 0.3) is 0 Å². The summed E-state index contributed by atoms with van der Waals surface area (Å²) in [5.41, 5.74) is 3.43. The van der Waals surface area contributed by atoms with Crippen molar-refractivity contribution in [2.24, 2.45) is 10.9 Å². The van der Waals surface area contributed by atoms with Crippen LogP contribution in [0, 0.1) is 19.8 Å². The van der Waals surface area contributed by atoms with Crippen molar-refractivity contribution >= 4 is 11.9 Å². The number of ether oxygens (including phenoxy) is 1. The van der Waals surface area contributed by atoms with Crippen LogP contribution in [0.15, 0.2) is 41.5 Å². The van der Waals surface area contributed by atoms with Gasteiger partial charge in [0.2, 0.25) is 11.8 Å². The number of nitrogens with one attached hydrogen (secondary N) is 2. The minimum absolute atomic E-state index is 0.0302. The lowest BCUT2D eigenvalue weighted by molar-refractivity contribution is -0.133. The Morgan fingerprint density at radius 2 is 2.06 bits per heavy atom. The Bertz CT molecular complexity index is 957. The van der Waals surface area contributed by atoms with Crippen LogP contribution in [-0.2, 0) is 11.3 Å². The predicted molar refractivity (Wildman–Crippen MR) is 128 cm³/mol. The van der Waals surface area contributed by atoms with E-state index in [9.17, 15) is 4.79 Å². The number of hydrogen-bond acceptors (Lipinski definition) is 4. The van der Waals surface area contributed by atoms with E-state index in [0.717, 1.165) is 36.8 Å². The first-order chi connectivity index (χ1) is 15.4. The maximum absolute atomic E-state index is 12.2. The molecule has 1 aliphatic rings. The van der Waals surface area contributed by atoms with Gasteiger partial charge in [-0.05, 0) is 62.1 Å². The predicted octanol–water partition coefficient (Wildman–Crippen LogP) is 3.80. The van der Waals surface area contributed by atoms with Crippen LogP contribution in [0.2, 0.25) is 0 Å². The average molecular weight is 438 g/mol. The van der Waals surface area contributed by atoms with Crippen LogP contribution in [0.5, 0.6) is 11.6 Å². The van der Waals surface area contributed by atoms with Crippen molar-refractivity contribution in [3.05, 3.63) is 53.2 Å². The highest BCUT2D eigenvalue weighted by molar-refractivity contribution is 5.81. The lowest BCUT2D eigenvalue weighted by atomic mass is 10.1. The molecule has 2 aromatic rings. The first-order valence-corrected chi connectivity index (χ1v) is 11.4. The minimum Gasteiger partial charge on any atom is -0.439 e. The average Bonchev–Trinajstić information content (AvgIpc) is 3.23. The van der Waals surface area contributed by atoms with E-state index < -0.39 is 0 Å². The van der Waals surface area contributed by atoms with Crippen LogP contribution in [0.1, 0.15) is 43.9 Å². The zero-order chi connectivity index (χ0) is 23.1. The molecule has 0 bridgehead atoms. The molecule has 1 amide bonds. The largest absolute Gasteiger partial charge is 0.439 e. The van der Waals surface area contributed by atoms with Gasteiger partial charge in [0.15, 0.2) is 5.96 Å². The molecule has 1 unspecified atom stereocenters. The molecule has 1 saturated heterocycles. The van der Waals surface area contributed by atoms with Gasteiger partial charge < -0.3 is 20.3 Å². The zero-order valence-electron chi connectivity index (χ0n) is 19.8. The summed E-state index contributed by atoms with van der Waals surface area (Å²) < 4.78 is 5.94. The number of rotatable bonds is 7. The number of guanidine groups is 1. The molecule has 1 aromatic heterocycles. The lowest BCUT2D eigenvalue weighted by Gasteiger charge is -2.20. The summed E-state index contributed by atoms with van der Waals surface area (Å²) >= 11 is 0. The molecular weight excluding hydrogens is 402 g/mol. The van der Waals surface area contributed by atoms with Crippen molar-refractivity contribution in [1.82, 2.24) is 20.5 Å². The molecule has 1 fully saturated rings. The number of pyridine rings is 1. The van der Waals surface area contributed by atoms with E-state index in [1.54, 1.807) is 6.20 Å². The van der Waals surface area contributed by atoms with Gasteiger partial charge in [-0.25, -0.2) is 9.98 Å². The monoisotopic (exact) mass is 437 g/mol. The van der Waals surface area contributed by atoms with Crippen LogP contribution >= 0.6 is 0 Å². The van der Waals surface area contributed by atoms with Crippen molar-refractivity contribution in [3.63, 3.8) is 0 Å². The lowest BCUT2D eigenvalue weighted by Crippen LogP contribution is -2.45. The van der Waals surface area contributed by atoms with Gasteiger partial charge in [-0.3, -0.25) is 4.79 Å². The number of nitrogens with zero attached hydrogens (tertiary/aromatic N) is 3. The number of carbonyl (C=O) groups is 1. The highest BCUT2D eigenvalue weighted by Crippen LogP contribution is 2.23. The van der Waals surface area contributed by atoms with Gasteiger partial charge in [0.1, 0.15) is 5.75 Å². The van der Waals surface area contributed by atoms with Crippen LogP contribution in [0.25, 0.3) is 0 Å². The molecule has 2 N–H and O–H groups in total. The Hall–Kier alpha value is -3.09. The van der Waals surface area contributed by atoms with Crippen LogP contribution in [-0.4, -0.2) is 47.4 Å². The molecule has 1 atom stereocenters. The molecule has 0 saturated carbocycles. The van der Waals surface area contributed by atoms with E-state index in [1.165, 1.54) is 11.1 Å². The first kappa shape index (κ1) is 23.6. The molecule has 1 aromatic carbocycles. The third kappa shape index (κ3) is 6.45. The fourth-order valence-corrected chi connectivity index (χ4v) is 3.63. The number of amides is 1. The molecule has 32 heavy (non-hydrogen) atoms. The number of aromatic nitrogens is 1. The molecule has 0 spiro atoms. The molecule has 0 aliphatic carbocycles. The molecule has 2 heterocycles. The molecule has 0 radical (unpaired) electrons. The van der Waals surface area contributed by atoms with Crippen molar-refractivity contribution in [2.75, 3.05) is 19.6 Å². The zero-order valence-corrected chi connectivity index (χ0v) is 19.8. The second-order valence-electron chi connectivity index (χ2n) is 8.61. The summed E-state index contributed by atoms with van der Waals surface area (Å²) in [6.45, 7) is 12.9. The van der Waals surface area contributed by atoms with E-state index in [4.69, 9.17) is 9.73 Å². The summed E-state index contributed by atoms with van der Waals surface area (Å²) in [5.74, 6) is 2.33. The molecule has 1 aliphatic heterocycles. The third-order valence-electron chi connectivity index (χ3n) is 5.60. The standard InChI is InChI=1S/C25H35N5O2/c1-6-26-25(29-21-10-12-30(16-21)24(31)17(2)3)28-15-20-9-11-27-23(14-20)32-22-8-7-18(4)19(5)13-22/h7-9,11,13-14,17,21H,6,10,12,15-16H2,1-5H3,(H2,26,28,29). The summed E-state index contributed by atoms with van der Waals surface area (Å²) in [4.78, 5) is 23.2. The Morgan fingerprint density at radius 1 is 1.25 bits per heavy atom. The van der Waals surface area contributed by atoms with E-state index in [1.807, 2.05) is 56.0 Å². The maximum atomic E-state index is 12.2. The highest BCUT2D eigenvalue weighted by atomic mass is 16.5. The smallest absolute Gasteiger partial charge is 0.225 e. The van der Waals surface area contributed by atoms with Gasteiger partial charge in [0, 0.05) is 43.9 Å². The van der Waals surface area contributed by atoms with Gasteiger partial charge in [-0.2, -0.15) is 0 Å². The molecule has 7 nitrogen and oxygen atoms in total. The first-order valence-electron chi connectivity index (χ1n) is 11.4. The number of carbonyl (C=O) groups excluding carboxylic acids is 1. The van der Waals surface area contributed by atoms with Crippen LogP contribution in [0.4, 0.5) is 0 Å².